The Morgan fingerprint density at radius 1 is 1.61 bits per heavy atom. The lowest BCUT2D eigenvalue weighted by Crippen LogP contribution is -2.27. The van der Waals surface area contributed by atoms with Gasteiger partial charge in [-0.15, -0.1) is 0 Å². The minimum Gasteiger partial charge on any atom is -0.465 e. The lowest BCUT2D eigenvalue weighted by molar-refractivity contribution is -0.383. The zero-order valence-electron chi connectivity index (χ0n) is 9.36. The predicted octanol–water partition coefficient (Wildman–Crippen LogP) is 2.71. The molecule has 0 bridgehead atoms. The Morgan fingerprint density at radius 3 is 2.89 bits per heavy atom. The van der Waals surface area contributed by atoms with Crippen LogP contribution in [-0.2, 0) is 0 Å². The Hall–Kier alpha value is -2.22. The van der Waals surface area contributed by atoms with Crippen LogP contribution in [0.3, 0.4) is 0 Å². The molecule has 0 spiro atoms. The molecule has 0 aliphatic carbocycles. The summed E-state index contributed by atoms with van der Waals surface area (Å²) >= 11 is 0.946. The van der Waals surface area contributed by atoms with Gasteiger partial charge in [-0.3, -0.25) is 15.0 Å². The van der Waals surface area contributed by atoms with E-state index in [-0.39, 0.29) is 17.7 Å². The van der Waals surface area contributed by atoms with Gasteiger partial charge in [0.05, 0.1) is 4.92 Å². The summed E-state index contributed by atoms with van der Waals surface area (Å²) in [5, 5.41) is 20.8. The molecule has 94 valence electrons. The summed E-state index contributed by atoms with van der Waals surface area (Å²) in [5.41, 5.74) is 0.110. The van der Waals surface area contributed by atoms with Gasteiger partial charge in [0.1, 0.15) is 5.00 Å². The topological polar surface area (TPSA) is 96.6 Å². The largest absolute Gasteiger partial charge is 0.465 e. The van der Waals surface area contributed by atoms with Crippen LogP contribution < -0.4 is 4.90 Å². The molecule has 18 heavy (non-hydrogen) atoms. The standard InChI is InChI=1S/C10H9N3O4S/c1-2-12(10(14)15)9-6-4-3-5-7(13(16)17)8(6)11-18-9/h3-5H,2H2,1H3,(H,14,15). The van der Waals surface area contributed by atoms with Gasteiger partial charge in [0.2, 0.25) is 0 Å². The molecule has 0 aliphatic rings. The first kappa shape index (κ1) is 12.2. The second kappa shape index (κ2) is 4.57. The molecule has 0 saturated carbocycles. The van der Waals surface area contributed by atoms with E-state index in [4.69, 9.17) is 5.11 Å². The van der Waals surface area contributed by atoms with E-state index in [1.54, 1.807) is 13.0 Å². The fraction of sp³-hybridized carbons (Fsp3) is 0.200. The average molecular weight is 267 g/mol. The highest BCUT2D eigenvalue weighted by Crippen LogP contribution is 2.35. The van der Waals surface area contributed by atoms with Crippen LogP contribution in [0.25, 0.3) is 10.9 Å². The molecule has 1 N–H and O–H groups in total. The zero-order chi connectivity index (χ0) is 13.3. The van der Waals surface area contributed by atoms with Gasteiger partial charge in [-0.2, -0.15) is 4.37 Å². The van der Waals surface area contributed by atoms with Crippen LogP contribution in [0.5, 0.6) is 0 Å². The number of carboxylic acid groups (broad SMARTS) is 1. The molecule has 2 rings (SSSR count). The van der Waals surface area contributed by atoms with Gasteiger partial charge in [-0.05, 0) is 24.5 Å². The van der Waals surface area contributed by atoms with Gasteiger partial charge in [0.25, 0.3) is 5.69 Å². The smallest absolute Gasteiger partial charge is 0.412 e. The highest BCUT2D eigenvalue weighted by molar-refractivity contribution is 7.12. The molecule has 7 nitrogen and oxygen atoms in total. The lowest BCUT2D eigenvalue weighted by Gasteiger charge is -2.14. The number of non-ortho nitro benzene ring substituents is 1. The van der Waals surface area contributed by atoms with Crippen molar-refractivity contribution in [3.8, 4) is 0 Å². The van der Waals surface area contributed by atoms with E-state index in [1.165, 1.54) is 12.1 Å². The predicted molar refractivity (Wildman–Crippen MR) is 67.3 cm³/mol. The fourth-order valence-corrected chi connectivity index (χ4v) is 2.58. The molecule has 0 saturated heterocycles. The second-order valence-electron chi connectivity index (χ2n) is 3.44. The van der Waals surface area contributed by atoms with E-state index < -0.39 is 11.0 Å². The number of carbonyl (C=O) groups is 1. The summed E-state index contributed by atoms with van der Waals surface area (Å²) in [6, 6.07) is 4.50. The first-order chi connectivity index (χ1) is 8.56. The van der Waals surface area contributed by atoms with E-state index in [0.717, 1.165) is 16.4 Å². The van der Waals surface area contributed by atoms with Crippen LogP contribution in [0.2, 0.25) is 0 Å². The van der Waals surface area contributed by atoms with Crippen molar-refractivity contribution in [1.82, 2.24) is 4.37 Å². The maximum Gasteiger partial charge on any atom is 0.412 e. The molecular weight excluding hydrogens is 258 g/mol. The van der Waals surface area contributed by atoms with Crippen molar-refractivity contribution in [1.29, 1.82) is 0 Å². The highest BCUT2D eigenvalue weighted by atomic mass is 32.1. The summed E-state index contributed by atoms with van der Waals surface area (Å²) in [7, 11) is 0. The van der Waals surface area contributed by atoms with Crippen LogP contribution in [0, 0.1) is 10.1 Å². The van der Waals surface area contributed by atoms with Gasteiger partial charge in [-0.1, -0.05) is 6.07 Å². The summed E-state index contributed by atoms with van der Waals surface area (Å²) in [6.07, 6.45) is -1.10. The maximum absolute atomic E-state index is 11.1. The van der Waals surface area contributed by atoms with E-state index in [2.05, 4.69) is 4.37 Å². The van der Waals surface area contributed by atoms with E-state index in [0.29, 0.717) is 10.4 Å². The molecule has 1 aromatic heterocycles. The monoisotopic (exact) mass is 267 g/mol. The molecule has 1 heterocycles. The van der Waals surface area contributed by atoms with E-state index in [9.17, 15) is 14.9 Å². The Morgan fingerprint density at radius 2 is 2.33 bits per heavy atom. The Kier molecular flexibility index (Phi) is 3.11. The summed E-state index contributed by atoms with van der Waals surface area (Å²) in [5.74, 6) is 0. The summed E-state index contributed by atoms with van der Waals surface area (Å²) in [4.78, 5) is 22.5. The van der Waals surface area contributed by atoms with Crippen molar-refractivity contribution in [2.75, 3.05) is 11.4 Å². The number of hydrogen-bond donors (Lipinski definition) is 1. The Balaban J connectivity index is 2.65. The second-order valence-corrected chi connectivity index (χ2v) is 4.20. The molecule has 1 aromatic carbocycles. The van der Waals surface area contributed by atoms with Crippen molar-refractivity contribution in [3.05, 3.63) is 28.3 Å². The van der Waals surface area contributed by atoms with Crippen molar-refractivity contribution in [3.63, 3.8) is 0 Å². The van der Waals surface area contributed by atoms with Gasteiger partial charge in [-0.25, -0.2) is 4.79 Å². The van der Waals surface area contributed by atoms with Crippen molar-refractivity contribution < 1.29 is 14.8 Å². The minimum absolute atomic E-state index is 0.114. The quantitative estimate of drug-likeness (QED) is 0.681. The number of nitrogens with zero attached hydrogens (tertiary/aromatic N) is 3. The summed E-state index contributed by atoms with van der Waals surface area (Å²) in [6.45, 7) is 1.95. The zero-order valence-corrected chi connectivity index (χ0v) is 10.2. The number of benzene rings is 1. The number of nitro groups is 1. The first-order valence-electron chi connectivity index (χ1n) is 5.09. The number of anilines is 1. The molecule has 0 aliphatic heterocycles. The Labute approximate surface area is 106 Å². The van der Waals surface area contributed by atoms with Crippen LogP contribution in [0.15, 0.2) is 18.2 Å². The van der Waals surface area contributed by atoms with Crippen LogP contribution in [0.1, 0.15) is 6.92 Å². The Bertz CT molecular complexity index is 625. The lowest BCUT2D eigenvalue weighted by atomic mass is 10.2. The number of amides is 1. The average Bonchev–Trinajstić information content (AvgIpc) is 2.73. The van der Waals surface area contributed by atoms with Gasteiger partial charge < -0.3 is 5.11 Å². The van der Waals surface area contributed by atoms with Gasteiger partial charge in [0.15, 0.2) is 5.52 Å². The third-order valence-corrected chi connectivity index (χ3v) is 3.34. The van der Waals surface area contributed by atoms with Crippen LogP contribution in [0.4, 0.5) is 15.5 Å². The maximum atomic E-state index is 11.1. The molecule has 8 heteroatoms. The number of rotatable bonds is 3. The van der Waals surface area contributed by atoms with Gasteiger partial charge >= 0.3 is 6.09 Å². The number of hydrogen-bond acceptors (Lipinski definition) is 5. The highest BCUT2D eigenvalue weighted by Gasteiger charge is 2.22. The molecule has 0 radical (unpaired) electrons. The molecule has 1 amide bonds. The fourth-order valence-electron chi connectivity index (χ4n) is 1.65. The van der Waals surface area contributed by atoms with Gasteiger partial charge in [0, 0.05) is 18.0 Å². The number of aromatic nitrogens is 1. The van der Waals surface area contributed by atoms with Crippen molar-refractivity contribution in [2.24, 2.45) is 0 Å². The normalized spacial score (nSPS) is 10.5. The molecular formula is C10H9N3O4S. The SMILES string of the molecule is CCN(C(=O)O)c1snc2c([N+](=O)[O-])cccc12. The third-order valence-electron chi connectivity index (χ3n) is 2.46. The van der Waals surface area contributed by atoms with Crippen molar-refractivity contribution in [2.45, 2.75) is 6.92 Å². The van der Waals surface area contributed by atoms with Crippen LogP contribution >= 0.6 is 11.5 Å². The number of fused-ring (bicyclic) bond motifs is 1. The van der Waals surface area contributed by atoms with E-state index in [1.807, 2.05) is 0 Å². The molecule has 0 atom stereocenters. The first-order valence-corrected chi connectivity index (χ1v) is 5.86. The minimum atomic E-state index is -1.10. The molecule has 0 unspecified atom stereocenters. The van der Waals surface area contributed by atoms with E-state index >= 15 is 0 Å². The number of nitro benzene ring substituents is 1. The van der Waals surface area contributed by atoms with Crippen molar-refractivity contribution >= 4 is 39.2 Å². The summed E-state index contributed by atoms with van der Waals surface area (Å²) < 4.78 is 3.99. The third kappa shape index (κ3) is 1.86. The molecule has 0 fully saturated rings. The molecule has 2 aromatic rings. The van der Waals surface area contributed by atoms with Crippen LogP contribution in [-0.4, -0.2) is 27.0 Å².